The maximum atomic E-state index is 12.9. The lowest BCUT2D eigenvalue weighted by atomic mass is 9.99. The quantitative estimate of drug-likeness (QED) is 0.719. The van der Waals surface area contributed by atoms with Gasteiger partial charge in [0.25, 0.3) is 0 Å². The van der Waals surface area contributed by atoms with Crippen molar-refractivity contribution >= 4 is 0 Å². The molecule has 68 valence electrons. The Labute approximate surface area is 76.2 Å². The van der Waals surface area contributed by atoms with Crippen molar-refractivity contribution in [2.45, 2.75) is 19.8 Å². The summed E-state index contributed by atoms with van der Waals surface area (Å²) in [7, 11) is 0. The lowest BCUT2D eigenvalue weighted by molar-refractivity contribution is 0.460. The molecule has 1 N–H and O–H groups in total. The van der Waals surface area contributed by atoms with Crippen molar-refractivity contribution in [2.75, 3.05) is 0 Å². The van der Waals surface area contributed by atoms with E-state index < -0.39 is 5.82 Å². The molecular weight excluding hydrogens is 169 g/mol. The average Bonchev–Trinajstić information content (AvgIpc) is 2.08. The topological polar surface area (TPSA) is 44.0 Å². The standard InChI is InChI=1S/C10H10FNO/c1-6(2)9-4-8(11)3-7(5-12)10(9)13/h3-4,6,13H,1-2H3. The van der Waals surface area contributed by atoms with Gasteiger partial charge in [0.1, 0.15) is 17.6 Å². The molecule has 0 aliphatic rings. The molecule has 13 heavy (non-hydrogen) atoms. The highest BCUT2D eigenvalue weighted by molar-refractivity contribution is 5.48. The van der Waals surface area contributed by atoms with Crippen LogP contribution >= 0.6 is 0 Å². The van der Waals surface area contributed by atoms with Gasteiger partial charge < -0.3 is 5.11 Å². The van der Waals surface area contributed by atoms with Crippen molar-refractivity contribution in [1.29, 1.82) is 5.26 Å². The van der Waals surface area contributed by atoms with Crippen LogP contribution in [0.5, 0.6) is 5.75 Å². The van der Waals surface area contributed by atoms with Gasteiger partial charge in [-0.25, -0.2) is 4.39 Å². The van der Waals surface area contributed by atoms with E-state index in [1.807, 2.05) is 13.8 Å². The summed E-state index contributed by atoms with van der Waals surface area (Å²) in [6.07, 6.45) is 0. The largest absolute Gasteiger partial charge is 0.506 e. The molecule has 0 amide bonds. The first-order valence-electron chi connectivity index (χ1n) is 3.98. The summed E-state index contributed by atoms with van der Waals surface area (Å²) in [5.74, 6) is -0.597. The highest BCUT2D eigenvalue weighted by Gasteiger charge is 2.12. The molecule has 0 unspecified atom stereocenters. The van der Waals surface area contributed by atoms with Gasteiger partial charge in [0.2, 0.25) is 0 Å². The summed E-state index contributed by atoms with van der Waals surface area (Å²) >= 11 is 0. The van der Waals surface area contributed by atoms with Crippen LogP contribution in [-0.2, 0) is 0 Å². The van der Waals surface area contributed by atoms with Crippen molar-refractivity contribution in [3.63, 3.8) is 0 Å². The van der Waals surface area contributed by atoms with E-state index in [1.54, 1.807) is 6.07 Å². The van der Waals surface area contributed by atoms with Crippen molar-refractivity contribution in [2.24, 2.45) is 0 Å². The molecule has 1 aromatic carbocycles. The van der Waals surface area contributed by atoms with Crippen LogP contribution in [0.15, 0.2) is 12.1 Å². The second kappa shape index (κ2) is 3.44. The zero-order valence-electron chi connectivity index (χ0n) is 7.50. The third-order valence-electron chi connectivity index (χ3n) is 1.85. The van der Waals surface area contributed by atoms with Crippen molar-refractivity contribution in [3.8, 4) is 11.8 Å². The van der Waals surface area contributed by atoms with Crippen LogP contribution in [0.25, 0.3) is 0 Å². The van der Waals surface area contributed by atoms with E-state index in [-0.39, 0.29) is 17.2 Å². The fourth-order valence-corrected chi connectivity index (χ4v) is 1.15. The molecule has 0 aromatic heterocycles. The zero-order chi connectivity index (χ0) is 10.0. The number of halogens is 1. The summed E-state index contributed by atoms with van der Waals surface area (Å²) in [6, 6.07) is 4.02. The molecule has 0 atom stereocenters. The predicted octanol–water partition coefficient (Wildman–Crippen LogP) is 2.53. The molecular formula is C10H10FNO. The molecule has 0 saturated heterocycles. The monoisotopic (exact) mass is 179 g/mol. The average molecular weight is 179 g/mol. The molecule has 0 heterocycles. The Balaban J connectivity index is 3.38. The highest BCUT2D eigenvalue weighted by atomic mass is 19.1. The molecule has 1 aromatic rings. The predicted molar refractivity (Wildman–Crippen MR) is 46.9 cm³/mol. The minimum Gasteiger partial charge on any atom is -0.506 e. The van der Waals surface area contributed by atoms with Gasteiger partial charge in [-0.15, -0.1) is 0 Å². The molecule has 2 nitrogen and oxygen atoms in total. The van der Waals surface area contributed by atoms with Gasteiger partial charge in [0.05, 0.1) is 5.56 Å². The van der Waals surface area contributed by atoms with E-state index in [4.69, 9.17) is 5.26 Å². The minimum atomic E-state index is -0.488. The molecule has 0 radical (unpaired) electrons. The Morgan fingerprint density at radius 2 is 2.08 bits per heavy atom. The van der Waals surface area contributed by atoms with Gasteiger partial charge in [-0.2, -0.15) is 5.26 Å². The normalized spacial score (nSPS) is 10.1. The van der Waals surface area contributed by atoms with Gasteiger partial charge >= 0.3 is 0 Å². The van der Waals surface area contributed by atoms with Gasteiger partial charge in [0, 0.05) is 5.56 Å². The lowest BCUT2D eigenvalue weighted by Crippen LogP contribution is -1.92. The van der Waals surface area contributed by atoms with E-state index in [9.17, 15) is 9.50 Å². The SMILES string of the molecule is CC(C)c1cc(F)cc(C#N)c1O. The van der Waals surface area contributed by atoms with Crippen molar-refractivity contribution in [3.05, 3.63) is 29.1 Å². The smallest absolute Gasteiger partial charge is 0.136 e. The van der Waals surface area contributed by atoms with Crippen LogP contribution in [0.1, 0.15) is 30.9 Å². The Hall–Kier alpha value is -1.56. The molecule has 0 bridgehead atoms. The zero-order valence-corrected chi connectivity index (χ0v) is 7.50. The van der Waals surface area contributed by atoms with Crippen LogP contribution in [0.4, 0.5) is 4.39 Å². The number of benzene rings is 1. The summed E-state index contributed by atoms with van der Waals surface area (Å²) in [6.45, 7) is 3.66. The Kier molecular flexibility index (Phi) is 2.52. The van der Waals surface area contributed by atoms with Crippen LogP contribution in [0.2, 0.25) is 0 Å². The van der Waals surface area contributed by atoms with Crippen LogP contribution < -0.4 is 0 Å². The van der Waals surface area contributed by atoms with Gasteiger partial charge in [-0.3, -0.25) is 0 Å². The number of rotatable bonds is 1. The van der Waals surface area contributed by atoms with Crippen molar-refractivity contribution < 1.29 is 9.50 Å². The molecule has 3 heteroatoms. The van der Waals surface area contributed by atoms with E-state index in [0.29, 0.717) is 5.56 Å². The highest BCUT2D eigenvalue weighted by Crippen LogP contribution is 2.29. The van der Waals surface area contributed by atoms with Crippen molar-refractivity contribution in [1.82, 2.24) is 0 Å². The number of phenolic OH excluding ortho intramolecular Hbond substituents is 1. The number of nitrogens with zero attached hydrogens (tertiary/aromatic N) is 1. The Bertz CT molecular complexity index is 366. The maximum Gasteiger partial charge on any atom is 0.136 e. The maximum absolute atomic E-state index is 12.9. The summed E-state index contributed by atoms with van der Waals surface area (Å²) < 4.78 is 12.9. The Morgan fingerprint density at radius 1 is 1.46 bits per heavy atom. The summed E-state index contributed by atoms with van der Waals surface area (Å²) in [4.78, 5) is 0. The third kappa shape index (κ3) is 1.78. The van der Waals surface area contributed by atoms with Gasteiger partial charge in [-0.1, -0.05) is 13.8 Å². The van der Waals surface area contributed by atoms with E-state index in [2.05, 4.69) is 0 Å². The van der Waals surface area contributed by atoms with E-state index >= 15 is 0 Å². The van der Waals surface area contributed by atoms with E-state index in [1.165, 1.54) is 6.07 Å². The molecule has 0 spiro atoms. The first-order chi connectivity index (χ1) is 6.06. The number of hydrogen-bond acceptors (Lipinski definition) is 2. The molecule has 0 saturated carbocycles. The Morgan fingerprint density at radius 3 is 2.54 bits per heavy atom. The van der Waals surface area contributed by atoms with E-state index in [0.717, 1.165) is 6.07 Å². The fraction of sp³-hybridized carbons (Fsp3) is 0.300. The number of hydrogen-bond donors (Lipinski definition) is 1. The van der Waals surface area contributed by atoms with Gasteiger partial charge in [0.15, 0.2) is 0 Å². The number of phenols is 1. The van der Waals surface area contributed by atoms with Crippen LogP contribution in [-0.4, -0.2) is 5.11 Å². The van der Waals surface area contributed by atoms with Gasteiger partial charge in [-0.05, 0) is 18.1 Å². The third-order valence-corrected chi connectivity index (χ3v) is 1.85. The first-order valence-corrected chi connectivity index (χ1v) is 3.98. The molecule has 0 aliphatic heterocycles. The summed E-state index contributed by atoms with van der Waals surface area (Å²) in [5, 5.41) is 18.1. The summed E-state index contributed by atoms with van der Waals surface area (Å²) in [5.41, 5.74) is 0.459. The van der Waals surface area contributed by atoms with Crippen LogP contribution in [0.3, 0.4) is 0 Å². The molecule has 0 aliphatic carbocycles. The second-order valence-corrected chi connectivity index (χ2v) is 3.16. The number of nitriles is 1. The number of aromatic hydroxyl groups is 1. The molecule has 0 fully saturated rings. The van der Waals surface area contributed by atoms with Crippen LogP contribution in [0, 0.1) is 17.1 Å². The molecule has 1 rings (SSSR count). The fourth-order valence-electron chi connectivity index (χ4n) is 1.15. The lowest BCUT2D eigenvalue weighted by Gasteiger charge is -2.08. The minimum absolute atomic E-state index is 0.00259. The second-order valence-electron chi connectivity index (χ2n) is 3.16. The first kappa shape index (κ1) is 9.53.